The lowest BCUT2D eigenvalue weighted by Gasteiger charge is -2.26. The zero-order valence-corrected chi connectivity index (χ0v) is 14.3. The van der Waals surface area contributed by atoms with Crippen LogP contribution in [-0.4, -0.2) is 8.32 Å². The molecule has 1 atom stereocenters. The van der Waals surface area contributed by atoms with E-state index in [9.17, 15) is 0 Å². The van der Waals surface area contributed by atoms with Gasteiger partial charge >= 0.3 is 0 Å². The Hall–Kier alpha value is -2.08. The highest BCUT2D eigenvalue weighted by atomic mass is 28.4. The van der Waals surface area contributed by atoms with Gasteiger partial charge in [0.1, 0.15) is 0 Å². The second kappa shape index (κ2) is 7.26. The van der Waals surface area contributed by atoms with Gasteiger partial charge in [-0.25, -0.2) is 0 Å². The lowest BCUT2D eigenvalue weighted by molar-refractivity contribution is 0.206. The van der Waals surface area contributed by atoms with Crippen molar-refractivity contribution in [2.75, 3.05) is 0 Å². The minimum absolute atomic E-state index is 0.0607. The maximum absolute atomic E-state index is 6.24. The summed E-state index contributed by atoms with van der Waals surface area (Å²) in [7, 11) is -1.87. The van der Waals surface area contributed by atoms with Gasteiger partial charge in [0.2, 0.25) is 8.32 Å². The quantitative estimate of drug-likeness (QED) is 0.515. The molecule has 0 radical (unpaired) electrons. The summed E-state index contributed by atoms with van der Waals surface area (Å²) in [6.07, 6.45) is 6.03. The lowest BCUT2D eigenvalue weighted by atomic mass is 10.0. The van der Waals surface area contributed by atoms with Crippen LogP contribution in [0.2, 0.25) is 13.1 Å². The molecule has 0 aliphatic rings. The number of benzene rings is 2. The number of rotatable bonds is 6. The minimum Gasteiger partial charge on any atom is -0.406 e. The molecule has 0 amide bonds. The fraction of sp³-hybridized carbons (Fsp3) is 0.200. The zero-order chi connectivity index (χ0) is 16.0. The summed E-state index contributed by atoms with van der Waals surface area (Å²) in [5.74, 6) is 2.72. The third-order valence-electron chi connectivity index (χ3n) is 3.63. The third kappa shape index (κ3) is 4.21. The second-order valence-corrected chi connectivity index (χ2v) is 9.66. The van der Waals surface area contributed by atoms with Crippen molar-refractivity contribution in [1.29, 1.82) is 0 Å². The average Bonchev–Trinajstić information content (AvgIpc) is 2.55. The van der Waals surface area contributed by atoms with Gasteiger partial charge in [0, 0.05) is 6.42 Å². The Morgan fingerprint density at radius 2 is 1.68 bits per heavy atom. The number of hydrogen-bond acceptors (Lipinski definition) is 1. The molecule has 0 heterocycles. The van der Waals surface area contributed by atoms with Crippen molar-refractivity contribution in [2.45, 2.75) is 25.6 Å². The first-order valence-corrected chi connectivity index (χ1v) is 10.4. The van der Waals surface area contributed by atoms with Crippen molar-refractivity contribution in [3.05, 3.63) is 72.4 Å². The fourth-order valence-corrected chi connectivity index (χ4v) is 3.32. The molecule has 2 heteroatoms. The summed E-state index contributed by atoms with van der Waals surface area (Å²) >= 11 is 0. The van der Waals surface area contributed by atoms with E-state index in [0.717, 1.165) is 5.56 Å². The van der Waals surface area contributed by atoms with Crippen molar-refractivity contribution < 1.29 is 4.43 Å². The molecule has 2 aromatic rings. The minimum atomic E-state index is -1.87. The topological polar surface area (TPSA) is 9.23 Å². The lowest BCUT2D eigenvalue weighted by Crippen LogP contribution is -2.29. The molecule has 2 rings (SSSR count). The van der Waals surface area contributed by atoms with Crippen LogP contribution in [0, 0.1) is 12.3 Å². The predicted octanol–water partition coefficient (Wildman–Crippen LogP) is 5.36. The Morgan fingerprint density at radius 3 is 2.23 bits per heavy atom. The molecule has 0 aromatic heterocycles. The predicted molar refractivity (Wildman–Crippen MR) is 96.8 cm³/mol. The zero-order valence-electron chi connectivity index (χ0n) is 13.3. The molecule has 112 valence electrons. The van der Waals surface area contributed by atoms with Gasteiger partial charge in [0.25, 0.3) is 0 Å². The smallest absolute Gasteiger partial charge is 0.211 e. The van der Waals surface area contributed by atoms with Crippen LogP contribution >= 0.6 is 0 Å². The van der Waals surface area contributed by atoms with Gasteiger partial charge in [0.15, 0.2) is 0 Å². The van der Waals surface area contributed by atoms with Crippen molar-refractivity contribution in [2.24, 2.45) is 0 Å². The Bertz CT molecular complexity index is 650. The highest BCUT2D eigenvalue weighted by Gasteiger charge is 2.23. The summed E-state index contributed by atoms with van der Waals surface area (Å²) in [6, 6.07) is 18.8. The summed E-state index contributed by atoms with van der Waals surface area (Å²) in [5.41, 5.74) is 5.47. The first kappa shape index (κ1) is 16.3. The van der Waals surface area contributed by atoms with Crippen molar-refractivity contribution in [1.82, 2.24) is 0 Å². The first-order chi connectivity index (χ1) is 10.6. The Morgan fingerprint density at radius 1 is 1.09 bits per heavy atom. The van der Waals surface area contributed by atoms with Gasteiger partial charge in [-0.15, -0.1) is 18.9 Å². The SMILES string of the molecule is C#CCC(O[Si](C)(C)C=C)c1ccc(-c2ccccc2)cc1. The van der Waals surface area contributed by atoms with E-state index >= 15 is 0 Å². The Kier molecular flexibility index (Phi) is 5.38. The van der Waals surface area contributed by atoms with E-state index in [1.165, 1.54) is 11.1 Å². The van der Waals surface area contributed by atoms with Crippen LogP contribution in [0.25, 0.3) is 11.1 Å². The summed E-state index contributed by atoms with van der Waals surface area (Å²) in [5, 5.41) is 0. The maximum Gasteiger partial charge on any atom is 0.211 e. The van der Waals surface area contributed by atoms with Crippen LogP contribution in [0.4, 0.5) is 0 Å². The van der Waals surface area contributed by atoms with E-state index in [-0.39, 0.29) is 6.10 Å². The van der Waals surface area contributed by atoms with Crippen LogP contribution in [0.5, 0.6) is 0 Å². The fourth-order valence-electron chi connectivity index (χ4n) is 2.27. The molecule has 2 aromatic carbocycles. The summed E-state index contributed by atoms with van der Waals surface area (Å²) in [4.78, 5) is 0. The summed E-state index contributed by atoms with van der Waals surface area (Å²) in [6.45, 7) is 8.13. The maximum atomic E-state index is 6.24. The molecule has 0 N–H and O–H groups in total. The molecule has 0 bridgehead atoms. The van der Waals surface area contributed by atoms with Gasteiger partial charge in [-0.3, -0.25) is 0 Å². The molecule has 0 aliphatic carbocycles. The number of hydrogen-bond donors (Lipinski definition) is 0. The van der Waals surface area contributed by atoms with E-state index in [2.05, 4.69) is 62.0 Å². The molecule has 22 heavy (non-hydrogen) atoms. The third-order valence-corrected chi connectivity index (χ3v) is 5.51. The molecular formula is C20H22OSi. The van der Waals surface area contributed by atoms with Crippen LogP contribution in [0.1, 0.15) is 18.1 Å². The van der Waals surface area contributed by atoms with E-state index in [1.807, 2.05) is 23.9 Å². The molecule has 1 unspecified atom stereocenters. The second-order valence-electron chi connectivity index (χ2n) is 5.81. The van der Waals surface area contributed by atoms with E-state index < -0.39 is 8.32 Å². The largest absolute Gasteiger partial charge is 0.406 e. The summed E-state index contributed by atoms with van der Waals surface area (Å²) < 4.78 is 6.24. The van der Waals surface area contributed by atoms with E-state index in [0.29, 0.717) is 6.42 Å². The van der Waals surface area contributed by atoms with Gasteiger partial charge in [-0.1, -0.05) is 60.3 Å². The van der Waals surface area contributed by atoms with Crippen LogP contribution in [0.3, 0.4) is 0 Å². The first-order valence-electron chi connectivity index (χ1n) is 7.46. The monoisotopic (exact) mass is 306 g/mol. The molecular weight excluding hydrogens is 284 g/mol. The van der Waals surface area contributed by atoms with E-state index in [1.54, 1.807) is 0 Å². The number of terminal acetylenes is 1. The standard InChI is InChI=1S/C20H22OSi/c1-5-10-20(21-22(3,4)6-2)19-15-13-18(14-16-19)17-11-8-7-9-12-17/h1,6-9,11-16,20H,2,10H2,3-4H3. The average molecular weight is 306 g/mol. The normalized spacial score (nSPS) is 12.4. The molecule has 0 aliphatic heterocycles. The van der Waals surface area contributed by atoms with Crippen LogP contribution in [-0.2, 0) is 4.43 Å². The van der Waals surface area contributed by atoms with Crippen LogP contribution in [0.15, 0.2) is 66.9 Å². The van der Waals surface area contributed by atoms with Crippen molar-refractivity contribution in [3.8, 4) is 23.5 Å². The molecule has 0 fully saturated rings. The van der Waals surface area contributed by atoms with E-state index in [4.69, 9.17) is 10.8 Å². The van der Waals surface area contributed by atoms with Gasteiger partial charge in [-0.05, 0) is 29.8 Å². The van der Waals surface area contributed by atoms with Gasteiger partial charge in [0.05, 0.1) is 6.10 Å². The Balaban J connectivity index is 2.23. The van der Waals surface area contributed by atoms with Crippen molar-refractivity contribution in [3.63, 3.8) is 0 Å². The highest BCUT2D eigenvalue weighted by Crippen LogP contribution is 2.28. The molecule has 0 spiro atoms. The van der Waals surface area contributed by atoms with Crippen molar-refractivity contribution >= 4 is 8.32 Å². The molecule has 1 nitrogen and oxygen atoms in total. The molecule has 0 saturated carbocycles. The van der Waals surface area contributed by atoms with Gasteiger partial charge < -0.3 is 4.43 Å². The van der Waals surface area contributed by atoms with Crippen LogP contribution < -0.4 is 0 Å². The highest BCUT2D eigenvalue weighted by molar-refractivity contribution is 6.76. The Labute approximate surface area is 134 Å². The molecule has 0 saturated heterocycles. The van der Waals surface area contributed by atoms with Gasteiger partial charge in [-0.2, -0.15) is 0 Å².